The quantitative estimate of drug-likeness (QED) is 0.539. The summed E-state index contributed by atoms with van der Waals surface area (Å²) in [4.78, 5) is 3.86. The largest absolute Gasteiger partial charge is 0.386 e. The van der Waals surface area contributed by atoms with E-state index in [9.17, 15) is 15.5 Å². The number of nitrogen functional groups attached to an aromatic ring is 1. The van der Waals surface area contributed by atoms with Gasteiger partial charge in [0, 0.05) is 0 Å². The second-order valence-corrected chi connectivity index (χ2v) is 5.10. The number of nitriles is 1. The molecule has 2 aromatic rings. The number of aromatic nitrogens is 3. The van der Waals surface area contributed by atoms with Crippen LogP contribution in [-0.4, -0.2) is 49.4 Å². The van der Waals surface area contributed by atoms with Crippen molar-refractivity contribution in [3.05, 3.63) is 24.2 Å². The molecule has 4 rings (SSSR count). The Labute approximate surface area is 118 Å². The molecule has 0 aromatic carbocycles. The van der Waals surface area contributed by atoms with E-state index in [1.807, 2.05) is 6.07 Å². The molecule has 4 N–H and O–H groups in total. The fraction of sp³-hybridized carbons (Fsp3) is 0.417. The van der Waals surface area contributed by atoms with Crippen molar-refractivity contribution in [3.63, 3.8) is 0 Å². The van der Waals surface area contributed by atoms with E-state index < -0.39 is 23.6 Å². The van der Waals surface area contributed by atoms with Gasteiger partial charge >= 0.3 is 0 Å². The Morgan fingerprint density at radius 2 is 2.19 bits per heavy atom. The number of epoxide rings is 1. The smallest absolute Gasteiger partial charge is 0.228 e. The van der Waals surface area contributed by atoms with Crippen LogP contribution in [0.2, 0.25) is 0 Å². The predicted molar refractivity (Wildman–Crippen MR) is 66.5 cm³/mol. The monoisotopic (exact) mass is 289 g/mol. The number of rotatable bonds is 1. The number of anilines is 1. The lowest BCUT2D eigenvalue weighted by Crippen LogP contribution is -2.41. The molecule has 2 aliphatic rings. The Bertz CT molecular complexity index is 780. The summed E-state index contributed by atoms with van der Waals surface area (Å²) in [6.45, 7) is 0.120. The van der Waals surface area contributed by atoms with Crippen molar-refractivity contribution in [2.24, 2.45) is 0 Å². The SMILES string of the molecule is N#C[C@@]1(c2ccc3c(N)ncnn23)O[C@]2(CO2)[C@@H](O)[C@H]1O. The molecule has 4 atom stereocenters. The third-order valence-corrected chi connectivity index (χ3v) is 3.96. The minimum Gasteiger partial charge on any atom is -0.386 e. The average Bonchev–Trinajstić information content (AvgIpc) is 3.07. The van der Waals surface area contributed by atoms with E-state index in [0.29, 0.717) is 5.52 Å². The fourth-order valence-electron chi connectivity index (χ4n) is 2.74. The van der Waals surface area contributed by atoms with E-state index >= 15 is 0 Å². The van der Waals surface area contributed by atoms with Gasteiger partial charge in [-0.2, -0.15) is 10.4 Å². The van der Waals surface area contributed by atoms with Crippen molar-refractivity contribution in [1.29, 1.82) is 5.26 Å². The van der Waals surface area contributed by atoms with Crippen LogP contribution < -0.4 is 5.73 Å². The van der Waals surface area contributed by atoms with E-state index in [2.05, 4.69) is 10.1 Å². The third kappa shape index (κ3) is 1.37. The summed E-state index contributed by atoms with van der Waals surface area (Å²) in [6, 6.07) is 5.11. The van der Waals surface area contributed by atoms with Crippen molar-refractivity contribution in [1.82, 2.24) is 14.6 Å². The van der Waals surface area contributed by atoms with Gasteiger partial charge in [-0.1, -0.05) is 0 Å². The van der Waals surface area contributed by atoms with E-state index in [1.165, 1.54) is 10.8 Å². The summed E-state index contributed by atoms with van der Waals surface area (Å²) in [5.74, 6) is -1.09. The first-order valence-electron chi connectivity index (χ1n) is 6.24. The molecule has 2 saturated heterocycles. The van der Waals surface area contributed by atoms with Crippen LogP contribution in [0.1, 0.15) is 5.69 Å². The maximum atomic E-state index is 10.3. The van der Waals surface area contributed by atoms with Gasteiger partial charge in [0.15, 0.2) is 5.82 Å². The molecule has 0 aliphatic carbocycles. The van der Waals surface area contributed by atoms with Gasteiger partial charge in [-0.25, -0.2) is 9.50 Å². The second-order valence-electron chi connectivity index (χ2n) is 5.10. The first-order valence-corrected chi connectivity index (χ1v) is 6.24. The van der Waals surface area contributed by atoms with Gasteiger partial charge in [0.05, 0.1) is 5.69 Å². The molecule has 9 heteroatoms. The lowest BCUT2D eigenvalue weighted by Gasteiger charge is -2.23. The fourth-order valence-corrected chi connectivity index (χ4v) is 2.74. The summed E-state index contributed by atoms with van der Waals surface area (Å²) in [7, 11) is 0. The maximum absolute atomic E-state index is 10.3. The Morgan fingerprint density at radius 3 is 2.81 bits per heavy atom. The molecule has 0 amide bonds. The Kier molecular flexibility index (Phi) is 2.19. The standard InChI is InChI=1S/C12H11N5O4/c13-3-11(8(18)9(19)12(21-11)4-20-12)7-2-1-6-10(14)15-5-16-17(6)7/h1-2,5,8-9,18-19H,4H2,(H2,14,15,16)/t8-,9+,11+,12-/m1/s1. The number of ether oxygens (including phenoxy) is 2. The van der Waals surface area contributed by atoms with Crippen molar-refractivity contribution < 1.29 is 19.7 Å². The van der Waals surface area contributed by atoms with E-state index in [1.54, 1.807) is 12.1 Å². The topological polar surface area (TPSA) is 142 Å². The molecule has 2 fully saturated rings. The first kappa shape index (κ1) is 12.5. The molecule has 1 spiro atoms. The summed E-state index contributed by atoms with van der Waals surface area (Å²) in [6.07, 6.45) is -1.56. The zero-order chi connectivity index (χ0) is 14.8. The van der Waals surface area contributed by atoms with Gasteiger partial charge in [0.25, 0.3) is 0 Å². The molecule has 0 saturated carbocycles. The maximum Gasteiger partial charge on any atom is 0.228 e. The highest BCUT2D eigenvalue weighted by molar-refractivity contribution is 5.66. The van der Waals surface area contributed by atoms with Gasteiger partial charge in [-0.05, 0) is 12.1 Å². The van der Waals surface area contributed by atoms with Crippen molar-refractivity contribution in [3.8, 4) is 6.07 Å². The Morgan fingerprint density at radius 1 is 1.43 bits per heavy atom. The predicted octanol–water partition coefficient (Wildman–Crippen LogP) is -1.49. The molecule has 2 aliphatic heterocycles. The molecular formula is C12H11N5O4. The number of nitrogens with two attached hydrogens (primary N) is 1. The molecule has 2 aromatic heterocycles. The van der Waals surface area contributed by atoms with Crippen LogP contribution in [0.3, 0.4) is 0 Å². The molecule has 4 heterocycles. The van der Waals surface area contributed by atoms with Gasteiger partial charge in [-0.3, -0.25) is 0 Å². The van der Waals surface area contributed by atoms with Crippen LogP contribution in [0.25, 0.3) is 5.52 Å². The Balaban J connectivity index is 1.94. The summed E-state index contributed by atoms with van der Waals surface area (Å²) < 4.78 is 12.1. The van der Waals surface area contributed by atoms with Crippen LogP contribution in [-0.2, 0) is 15.1 Å². The average molecular weight is 289 g/mol. The minimum atomic E-state index is -1.79. The number of aliphatic hydroxyl groups is 2. The molecule has 9 nitrogen and oxygen atoms in total. The third-order valence-electron chi connectivity index (χ3n) is 3.96. The van der Waals surface area contributed by atoms with Gasteiger partial charge in [0.2, 0.25) is 11.4 Å². The van der Waals surface area contributed by atoms with E-state index in [4.69, 9.17) is 15.2 Å². The summed E-state index contributed by atoms with van der Waals surface area (Å²) in [5, 5.41) is 34.0. The van der Waals surface area contributed by atoms with Crippen LogP contribution in [0, 0.1) is 11.3 Å². The zero-order valence-electron chi connectivity index (χ0n) is 10.7. The van der Waals surface area contributed by atoms with Crippen LogP contribution in [0.15, 0.2) is 18.5 Å². The van der Waals surface area contributed by atoms with Crippen molar-refractivity contribution >= 4 is 11.3 Å². The zero-order valence-corrected chi connectivity index (χ0v) is 10.7. The number of fused-ring (bicyclic) bond motifs is 1. The minimum absolute atomic E-state index is 0.120. The summed E-state index contributed by atoms with van der Waals surface area (Å²) in [5.41, 5.74) is 4.69. The van der Waals surface area contributed by atoms with Crippen LogP contribution in [0.4, 0.5) is 5.82 Å². The molecule has 21 heavy (non-hydrogen) atoms. The normalized spacial score (nSPS) is 38.0. The summed E-state index contributed by atoms with van der Waals surface area (Å²) >= 11 is 0. The van der Waals surface area contributed by atoms with E-state index in [0.717, 1.165) is 0 Å². The highest BCUT2D eigenvalue weighted by Gasteiger charge is 2.71. The van der Waals surface area contributed by atoms with Crippen molar-refractivity contribution in [2.75, 3.05) is 12.3 Å². The highest BCUT2D eigenvalue weighted by atomic mass is 16.8. The first-order chi connectivity index (χ1) is 10.0. The highest BCUT2D eigenvalue weighted by Crippen LogP contribution is 2.51. The van der Waals surface area contributed by atoms with E-state index in [-0.39, 0.29) is 18.1 Å². The van der Waals surface area contributed by atoms with Gasteiger partial charge < -0.3 is 25.4 Å². The molecule has 108 valence electrons. The molecule has 0 unspecified atom stereocenters. The van der Waals surface area contributed by atoms with Crippen LogP contribution >= 0.6 is 0 Å². The number of nitrogens with zero attached hydrogens (tertiary/aromatic N) is 4. The Hall–Kier alpha value is -2.25. The van der Waals surface area contributed by atoms with Crippen molar-refractivity contribution in [2.45, 2.75) is 23.6 Å². The van der Waals surface area contributed by atoms with Gasteiger partial charge in [-0.15, -0.1) is 0 Å². The molecule has 0 radical (unpaired) electrons. The van der Waals surface area contributed by atoms with Crippen LogP contribution in [0.5, 0.6) is 0 Å². The number of aliphatic hydroxyl groups excluding tert-OH is 2. The molecule has 0 bridgehead atoms. The molecular weight excluding hydrogens is 278 g/mol. The second kappa shape index (κ2) is 3.69. The lowest BCUT2D eigenvalue weighted by molar-refractivity contribution is -0.107. The number of hydrogen-bond donors (Lipinski definition) is 3. The van der Waals surface area contributed by atoms with Gasteiger partial charge in [0.1, 0.15) is 36.7 Å². The lowest BCUT2D eigenvalue weighted by atomic mass is 9.92. The number of hydrogen-bond acceptors (Lipinski definition) is 8.